The van der Waals surface area contributed by atoms with Crippen LogP contribution in [0.1, 0.15) is 26.2 Å². The summed E-state index contributed by atoms with van der Waals surface area (Å²) in [4.78, 5) is 11.2. The van der Waals surface area contributed by atoms with E-state index in [0.29, 0.717) is 12.5 Å². The van der Waals surface area contributed by atoms with E-state index in [4.69, 9.17) is 0 Å². The first-order chi connectivity index (χ1) is 8.78. The van der Waals surface area contributed by atoms with Crippen LogP contribution in [0, 0.1) is 0 Å². The van der Waals surface area contributed by atoms with E-state index >= 15 is 0 Å². The van der Waals surface area contributed by atoms with Crippen LogP contribution < -0.4 is 16.0 Å². The molecule has 0 aromatic heterocycles. The predicted molar refractivity (Wildman–Crippen MR) is 74.9 cm³/mol. The lowest BCUT2D eigenvalue weighted by Gasteiger charge is -2.24. The van der Waals surface area contributed by atoms with Crippen LogP contribution >= 0.6 is 0 Å². The molecule has 0 bridgehead atoms. The van der Waals surface area contributed by atoms with E-state index in [0.717, 1.165) is 37.3 Å². The normalized spacial score (nSPS) is 16.3. The third-order valence-corrected chi connectivity index (χ3v) is 3.20. The number of carbonyl (C=O) groups excluding carboxylic acids is 1. The van der Waals surface area contributed by atoms with E-state index in [9.17, 15) is 4.79 Å². The average molecular weight is 247 g/mol. The largest absolute Gasteiger partial charge is 0.382 e. The molecule has 1 saturated heterocycles. The number of nitrogens with one attached hydrogen (secondary N) is 3. The first-order valence-corrected chi connectivity index (χ1v) is 6.65. The van der Waals surface area contributed by atoms with Crippen molar-refractivity contribution in [2.75, 3.05) is 23.7 Å². The Bertz CT molecular complexity index is 383. The molecule has 1 fully saturated rings. The van der Waals surface area contributed by atoms with Gasteiger partial charge in [-0.1, -0.05) is 6.92 Å². The first-order valence-electron chi connectivity index (χ1n) is 6.65. The van der Waals surface area contributed by atoms with E-state index < -0.39 is 0 Å². The van der Waals surface area contributed by atoms with Crippen molar-refractivity contribution in [1.29, 1.82) is 0 Å². The van der Waals surface area contributed by atoms with Crippen molar-refractivity contribution in [3.63, 3.8) is 0 Å². The molecule has 0 atom stereocenters. The van der Waals surface area contributed by atoms with Crippen LogP contribution in [-0.4, -0.2) is 25.0 Å². The maximum atomic E-state index is 11.2. The van der Waals surface area contributed by atoms with Crippen molar-refractivity contribution >= 4 is 17.3 Å². The highest BCUT2D eigenvalue weighted by molar-refractivity contribution is 5.90. The summed E-state index contributed by atoms with van der Waals surface area (Å²) in [6.45, 7) is 4.02. The van der Waals surface area contributed by atoms with Gasteiger partial charge in [0.05, 0.1) is 0 Å². The molecular formula is C14H21N3O. The monoisotopic (exact) mass is 247 g/mol. The lowest BCUT2D eigenvalue weighted by atomic mass is 10.1. The number of benzene rings is 1. The van der Waals surface area contributed by atoms with Crippen LogP contribution in [-0.2, 0) is 4.79 Å². The molecule has 1 aliphatic heterocycles. The van der Waals surface area contributed by atoms with Crippen LogP contribution in [0.25, 0.3) is 0 Å². The van der Waals surface area contributed by atoms with Crippen molar-refractivity contribution in [3.05, 3.63) is 24.3 Å². The molecule has 0 aliphatic carbocycles. The molecule has 4 heteroatoms. The Morgan fingerprint density at radius 1 is 1.22 bits per heavy atom. The van der Waals surface area contributed by atoms with Gasteiger partial charge in [0.25, 0.3) is 0 Å². The molecule has 3 N–H and O–H groups in total. The minimum absolute atomic E-state index is 0.0501. The summed E-state index contributed by atoms with van der Waals surface area (Å²) in [5.41, 5.74) is 1.98. The lowest BCUT2D eigenvalue weighted by Crippen LogP contribution is -2.35. The smallest absolute Gasteiger partial charge is 0.224 e. The highest BCUT2D eigenvalue weighted by Gasteiger charge is 2.12. The van der Waals surface area contributed by atoms with Gasteiger partial charge in [0, 0.05) is 23.8 Å². The van der Waals surface area contributed by atoms with Gasteiger partial charge in [-0.05, 0) is 50.2 Å². The van der Waals surface area contributed by atoms with Gasteiger partial charge in [-0.3, -0.25) is 4.79 Å². The quantitative estimate of drug-likeness (QED) is 0.764. The first kappa shape index (κ1) is 12.9. The summed E-state index contributed by atoms with van der Waals surface area (Å²) in [6.07, 6.45) is 2.83. The highest BCUT2D eigenvalue weighted by atomic mass is 16.1. The molecule has 1 amide bonds. The molecule has 1 heterocycles. The number of piperidine rings is 1. The van der Waals surface area contributed by atoms with Gasteiger partial charge in [0.1, 0.15) is 0 Å². The van der Waals surface area contributed by atoms with Crippen molar-refractivity contribution in [2.45, 2.75) is 32.2 Å². The van der Waals surface area contributed by atoms with Crippen molar-refractivity contribution < 1.29 is 4.79 Å². The molecule has 2 rings (SSSR count). The fraction of sp³-hybridized carbons (Fsp3) is 0.500. The summed E-state index contributed by atoms with van der Waals surface area (Å²) in [5.74, 6) is 0.0501. The van der Waals surface area contributed by atoms with E-state index in [1.54, 1.807) is 0 Å². The molecule has 4 nitrogen and oxygen atoms in total. The standard InChI is InChI=1S/C14H21N3O/c1-2-14(18)17-12-5-3-11(4-6-12)16-13-7-9-15-10-8-13/h3-6,13,15-16H,2,7-10H2,1H3,(H,17,18). The van der Waals surface area contributed by atoms with Crippen LogP contribution in [0.2, 0.25) is 0 Å². The van der Waals surface area contributed by atoms with Crippen LogP contribution in [0.5, 0.6) is 0 Å². The minimum Gasteiger partial charge on any atom is -0.382 e. The van der Waals surface area contributed by atoms with E-state index in [1.807, 2.05) is 31.2 Å². The fourth-order valence-electron chi connectivity index (χ4n) is 2.10. The minimum atomic E-state index is 0.0501. The Morgan fingerprint density at radius 2 is 1.83 bits per heavy atom. The Hall–Kier alpha value is -1.55. The second kappa shape index (κ2) is 6.40. The van der Waals surface area contributed by atoms with Gasteiger partial charge in [0.2, 0.25) is 5.91 Å². The highest BCUT2D eigenvalue weighted by Crippen LogP contribution is 2.17. The molecule has 98 valence electrons. The van der Waals surface area contributed by atoms with Crippen molar-refractivity contribution in [3.8, 4) is 0 Å². The summed E-state index contributed by atoms with van der Waals surface area (Å²) < 4.78 is 0. The summed E-state index contributed by atoms with van der Waals surface area (Å²) in [6, 6.07) is 8.48. The molecule has 0 saturated carbocycles. The van der Waals surface area contributed by atoms with Gasteiger partial charge < -0.3 is 16.0 Å². The number of anilines is 2. The summed E-state index contributed by atoms with van der Waals surface area (Å²) in [7, 11) is 0. The van der Waals surface area contributed by atoms with E-state index in [2.05, 4.69) is 16.0 Å². The lowest BCUT2D eigenvalue weighted by molar-refractivity contribution is -0.115. The number of rotatable bonds is 4. The fourth-order valence-corrected chi connectivity index (χ4v) is 2.10. The third-order valence-electron chi connectivity index (χ3n) is 3.20. The zero-order valence-corrected chi connectivity index (χ0v) is 10.8. The number of carbonyl (C=O) groups is 1. The maximum Gasteiger partial charge on any atom is 0.224 e. The van der Waals surface area contributed by atoms with Crippen molar-refractivity contribution in [2.24, 2.45) is 0 Å². The van der Waals surface area contributed by atoms with Gasteiger partial charge in [0.15, 0.2) is 0 Å². The SMILES string of the molecule is CCC(=O)Nc1ccc(NC2CCNCC2)cc1. The second-order valence-corrected chi connectivity index (χ2v) is 4.65. The van der Waals surface area contributed by atoms with Gasteiger partial charge in [-0.15, -0.1) is 0 Å². The molecular weight excluding hydrogens is 226 g/mol. The molecule has 1 aliphatic rings. The van der Waals surface area contributed by atoms with E-state index in [-0.39, 0.29) is 5.91 Å². The maximum absolute atomic E-state index is 11.2. The second-order valence-electron chi connectivity index (χ2n) is 4.65. The molecule has 0 unspecified atom stereocenters. The zero-order valence-electron chi connectivity index (χ0n) is 10.8. The molecule has 0 radical (unpaired) electrons. The third kappa shape index (κ3) is 3.74. The number of hydrogen-bond acceptors (Lipinski definition) is 3. The number of hydrogen-bond donors (Lipinski definition) is 3. The molecule has 1 aromatic carbocycles. The van der Waals surface area contributed by atoms with Gasteiger partial charge in [-0.25, -0.2) is 0 Å². The van der Waals surface area contributed by atoms with E-state index in [1.165, 1.54) is 0 Å². The van der Waals surface area contributed by atoms with Crippen LogP contribution in [0.15, 0.2) is 24.3 Å². The molecule has 18 heavy (non-hydrogen) atoms. The number of amides is 1. The Morgan fingerprint density at radius 3 is 2.44 bits per heavy atom. The Balaban J connectivity index is 1.88. The Labute approximate surface area is 108 Å². The molecule has 0 spiro atoms. The predicted octanol–water partition coefficient (Wildman–Crippen LogP) is 2.20. The van der Waals surface area contributed by atoms with Gasteiger partial charge >= 0.3 is 0 Å². The van der Waals surface area contributed by atoms with Crippen molar-refractivity contribution in [1.82, 2.24) is 5.32 Å². The summed E-state index contributed by atoms with van der Waals surface area (Å²) >= 11 is 0. The Kier molecular flexibility index (Phi) is 4.59. The average Bonchev–Trinajstić information content (AvgIpc) is 2.42. The van der Waals surface area contributed by atoms with Gasteiger partial charge in [-0.2, -0.15) is 0 Å². The molecule has 1 aromatic rings. The topological polar surface area (TPSA) is 53.2 Å². The van der Waals surface area contributed by atoms with Crippen LogP contribution in [0.4, 0.5) is 11.4 Å². The summed E-state index contributed by atoms with van der Waals surface area (Å²) in [5, 5.41) is 9.72. The van der Waals surface area contributed by atoms with Crippen LogP contribution in [0.3, 0.4) is 0 Å². The zero-order chi connectivity index (χ0) is 12.8.